The van der Waals surface area contributed by atoms with Crippen molar-refractivity contribution in [3.63, 3.8) is 0 Å². The van der Waals surface area contributed by atoms with Crippen molar-refractivity contribution in [3.8, 4) is 0 Å². The second-order valence-electron chi connectivity index (χ2n) is 6.80. The van der Waals surface area contributed by atoms with E-state index in [-0.39, 0.29) is 22.7 Å². The Hall–Kier alpha value is -0.660. The summed E-state index contributed by atoms with van der Waals surface area (Å²) in [6.45, 7) is 4.18. The average molecular weight is 202 g/mol. The molecule has 0 aromatic heterocycles. The molecule has 2 nitrogen and oxygen atoms in total. The summed E-state index contributed by atoms with van der Waals surface area (Å²) in [5.74, 6) is 3.61. The van der Waals surface area contributed by atoms with E-state index in [0.29, 0.717) is 35.2 Å². The van der Waals surface area contributed by atoms with Crippen molar-refractivity contribution in [2.45, 2.75) is 20.3 Å². The first-order chi connectivity index (χ1) is 7.04. The molecule has 78 valence electrons. The van der Waals surface area contributed by atoms with Gasteiger partial charge >= 0.3 is 0 Å². The fourth-order valence-electron chi connectivity index (χ4n) is 6.83. The van der Waals surface area contributed by atoms with Crippen molar-refractivity contribution in [1.82, 2.24) is 0 Å². The van der Waals surface area contributed by atoms with Crippen LogP contribution in [0.2, 0.25) is 0 Å². The lowest BCUT2D eigenvalue weighted by Crippen LogP contribution is -2.64. The van der Waals surface area contributed by atoms with Gasteiger partial charge in [-0.25, -0.2) is 0 Å². The maximum atomic E-state index is 12.4. The van der Waals surface area contributed by atoms with Crippen LogP contribution in [0, 0.1) is 46.3 Å². The number of Topliss-reactive ketones (excluding diaryl/α,β-unsaturated/α-hetero) is 2. The van der Waals surface area contributed by atoms with Crippen LogP contribution in [0.5, 0.6) is 0 Å². The van der Waals surface area contributed by atoms with Gasteiger partial charge in [0.05, 0.1) is 0 Å². The molecule has 5 fully saturated rings. The normalized spacial score (nSPS) is 75.9. The van der Waals surface area contributed by atoms with Crippen LogP contribution in [0.1, 0.15) is 20.3 Å². The number of fused-ring (bicyclic) bond motifs is 2. The van der Waals surface area contributed by atoms with Crippen molar-refractivity contribution < 1.29 is 9.59 Å². The van der Waals surface area contributed by atoms with Crippen molar-refractivity contribution in [2.75, 3.05) is 0 Å². The van der Waals surface area contributed by atoms with E-state index < -0.39 is 0 Å². The highest BCUT2D eigenvalue weighted by molar-refractivity contribution is 6.11. The van der Waals surface area contributed by atoms with Gasteiger partial charge in [-0.3, -0.25) is 9.59 Å². The fourth-order valence-corrected chi connectivity index (χ4v) is 6.83. The zero-order chi connectivity index (χ0) is 10.3. The topological polar surface area (TPSA) is 34.1 Å². The molecule has 2 bridgehead atoms. The molecule has 0 amide bonds. The van der Waals surface area contributed by atoms with E-state index in [1.54, 1.807) is 0 Å². The lowest BCUT2D eigenvalue weighted by Gasteiger charge is -2.59. The molecule has 2 heteroatoms. The Balaban J connectivity index is 1.95. The number of ketones is 2. The SMILES string of the molecule is C[C@@]12C(=O)[C@@H]3[C@H]4C[C@H]5[C@@H]3C(=O)[C@]1(C)[C@H]5[C@H]42. The summed E-state index contributed by atoms with van der Waals surface area (Å²) in [6, 6.07) is 0. The molecule has 0 aliphatic heterocycles. The predicted molar refractivity (Wildman–Crippen MR) is 51.8 cm³/mol. The highest BCUT2D eigenvalue weighted by Gasteiger charge is 2.93. The molecule has 0 N–H and O–H groups in total. The van der Waals surface area contributed by atoms with Gasteiger partial charge in [0.15, 0.2) is 0 Å². The largest absolute Gasteiger partial charge is 0.299 e. The minimum atomic E-state index is -0.244. The molecule has 0 radical (unpaired) electrons. The van der Waals surface area contributed by atoms with Gasteiger partial charge < -0.3 is 0 Å². The molecule has 5 aliphatic carbocycles. The predicted octanol–water partition coefficient (Wildman–Crippen LogP) is 1.29. The molecule has 5 saturated carbocycles. The molecule has 0 aromatic rings. The highest BCUT2D eigenvalue weighted by Crippen LogP contribution is 2.89. The van der Waals surface area contributed by atoms with Gasteiger partial charge in [-0.2, -0.15) is 0 Å². The lowest BCUT2D eigenvalue weighted by atomic mass is 9.41. The van der Waals surface area contributed by atoms with Crippen LogP contribution in [-0.4, -0.2) is 11.6 Å². The molecule has 0 saturated heterocycles. The van der Waals surface area contributed by atoms with Crippen molar-refractivity contribution >= 4 is 11.6 Å². The second-order valence-corrected chi connectivity index (χ2v) is 6.80. The average Bonchev–Trinajstić information content (AvgIpc) is 2.79. The first-order valence-corrected chi connectivity index (χ1v) is 6.13. The van der Waals surface area contributed by atoms with Crippen LogP contribution < -0.4 is 0 Å². The van der Waals surface area contributed by atoms with Gasteiger partial charge in [-0.1, -0.05) is 13.8 Å². The van der Waals surface area contributed by atoms with Gasteiger partial charge in [-0.05, 0) is 30.1 Å². The quantitative estimate of drug-likeness (QED) is 0.593. The number of rotatable bonds is 0. The Morgan fingerprint density at radius 1 is 0.933 bits per heavy atom. The third-order valence-corrected chi connectivity index (χ3v) is 7.20. The Morgan fingerprint density at radius 3 is 1.73 bits per heavy atom. The fraction of sp³-hybridized carbons (Fsp3) is 0.846. The molecule has 0 aromatic carbocycles. The van der Waals surface area contributed by atoms with Gasteiger partial charge in [-0.15, -0.1) is 0 Å². The maximum absolute atomic E-state index is 12.4. The molecule has 0 unspecified atom stereocenters. The van der Waals surface area contributed by atoms with Crippen LogP contribution in [0.25, 0.3) is 0 Å². The van der Waals surface area contributed by atoms with Gasteiger partial charge in [0, 0.05) is 22.7 Å². The maximum Gasteiger partial charge on any atom is 0.144 e. The molecular weight excluding hydrogens is 188 g/mol. The summed E-state index contributed by atoms with van der Waals surface area (Å²) in [7, 11) is 0. The number of carbonyl (C=O) groups is 2. The summed E-state index contributed by atoms with van der Waals surface area (Å²) < 4.78 is 0. The van der Waals surface area contributed by atoms with E-state index in [1.165, 1.54) is 6.42 Å². The molecule has 5 rings (SSSR count). The summed E-state index contributed by atoms with van der Waals surface area (Å²) in [5.41, 5.74) is -0.488. The summed E-state index contributed by atoms with van der Waals surface area (Å²) in [5, 5.41) is 0. The van der Waals surface area contributed by atoms with Gasteiger partial charge in [0.1, 0.15) is 11.6 Å². The monoisotopic (exact) mass is 202 g/mol. The zero-order valence-electron chi connectivity index (χ0n) is 8.99. The van der Waals surface area contributed by atoms with Gasteiger partial charge in [0.25, 0.3) is 0 Å². The smallest absolute Gasteiger partial charge is 0.144 e. The number of carbonyl (C=O) groups excluding carboxylic acids is 2. The zero-order valence-corrected chi connectivity index (χ0v) is 8.99. The Kier molecular flexibility index (Phi) is 0.778. The molecule has 5 aliphatic rings. The lowest BCUT2D eigenvalue weighted by molar-refractivity contribution is -0.180. The van der Waals surface area contributed by atoms with E-state index in [0.717, 1.165) is 0 Å². The first kappa shape index (κ1) is 7.59. The van der Waals surface area contributed by atoms with Crippen LogP contribution in [0.3, 0.4) is 0 Å². The van der Waals surface area contributed by atoms with Crippen LogP contribution >= 0.6 is 0 Å². The standard InChI is InChI=1S/C13H14O2/c1-12-8-4-3-5-7(6(4)10(12)14)11(15)13(12,2)9(5)8/h4-9H,3H2,1-2H3/t4-,5+,6-,7+,8+,9-,12-,13+. The third kappa shape index (κ3) is 0.367. The Morgan fingerprint density at radius 2 is 1.33 bits per heavy atom. The van der Waals surface area contributed by atoms with Crippen LogP contribution in [-0.2, 0) is 9.59 Å². The van der Waals surface area contributed by atoms with Gasteiger partial charge in [0.2, 0.25) is 0 Å². The Labute approximate surface area is 88.4 Å². The molecule has 0 heterocycles. The van der Waals surface area contributed by atoms with Crippen molar-refractivity contribution in [2.24, 2.45) is 46.3 Å². The summed E-state index contributed by atoms with van der Waals surface area (Å²) in [4.78, 5) is 24.8. The van der Waals surface area contributed by atoms with Crippen molar-refractivity contribution in [1.29, 1.82) is 0 Å². The van der Waals surface area contributed by atoms with E-state index in [4.69, 9.17) is 0 Å². The number of hydrogen-bond donors (Lipinski definition) is 0. The summed E-state index contributed by atoms with van der Waals surface area (Å²) >= 11 is 0. The highest BCUT2D eigenvalue weighted by atomic mass is 16.2. The molecule has 8 atom stereocenters. The molecular formula is C13H14O2. The second kappa shape index (κ2) is 1.54. The molecule has 0 spiro atoms. The van der Waals surface area contributed by atoms with E-state index in [2.05, 4.69) is 13.8 Å². The van der Waals surface area contributed by atoms with Crippen LogP contribution in [0.15, 0.2) is 0 Å². The van der Waals surface area contributed by atoms with E-state index >= 15 is 0 Å². The minimum absolute atomic E-state index is 0.157. The third-order valence-electron chi connectivity index (χ3n) is 7.20. The van der Waals surface area contributed by atoms with Crippen molar-refractivity contribution in [3.05, 3.63) is 0 Å². The molecule has 15 heavy (non-hydrogen) atoms. The van der Waals surface area contributed by atoms with E-state index in [1.807, 2.05) is 0 Å². The van der Waals surface area contributed by atoms with E-state index in [9.17, 15) is 9.59 Å². The first-order valence-electron chi connectivity index (χ1n) is 6.13. The minimum Gasteiger partial charge on any atom is -0.299 e. The number of hydrogen-bond acceptors (Lipinski definition) is 2. The van der Waals surface area contributed by atoms with Crippen LogP contribution in [0.4, 0.5) is 0 Å². The Bertz CT molecular complexity index is 425. The summed E-state index contributed by atoms with van der Waals surface area (Å²) in [6.07, 6.45) is 1.19.